The molecule has 0 atom stereocenters. The van der Waals surface area contributed by atoms with Crippen LogP contribution in [0.15, 0.2) is 71.6 Å². The fourth-order valence-electron chi connectivity index (χ4n) is 3.51. The van der Waals surface area contributed by atoms with Gasteiger partial charge < -0.3 is 9.47 Å². The van der Waals surface area contributed by atoms with Crippen molar-refractivity contribution in [2.75, 3.05) is 6.61 Å². The third-order valence-electron chi connectivity index (χ3n) is 5.42. The van der Waals surface area contributed by atoms with E-state index in [9.17, 15) is 4.79 Å². The number of rotatable bonds is 8. The molecule has 1 fully saturated rings. The minimum absolute atomic E-state index is 0.0757. The number of benzene rings is 3. The predicted molar refractivity (Wildman–Crippen MR) is 143 cm³/mol. The highest BCUT2D eigenvalue weighted by molar-refractivity contribution is 8.26. The van der Waals surface area contributed by atoms with Gasteiger partial charge in [-0.1, -0.05) is 89.7 Å². The number of carbonyl (C=O) groups excluding carboxylic acids is 1. The molecule has 0 radical (unpaired) electrons. The van der Waals surface area contributed by atoms with E-state index in [1.54, 1.807) is 4.90 Å². The maximum absolute atomic E-state index is 13.0. The molecule has 0 bridgehead atoms. The summed E-state index contributed by atoms with van der Waals surface area (Å²) in [6.45, 7) is 7.49. The number of hydrogen-bond acceptors (Lipinski definition) is 5. The van der Waals surface area contributed by atoms with Crippen molar-refractivity contribution in [1.82, 2.24) is 4.90 Å². The van der Waals surface area contributed by atoms with E-state index >= 15 is 0 Å². The normalized spacial score (nSPS) is 14.7. The molecule has 0 unspecified atom stereocenters. The van der Waals surface area contributed by atoms with E-state index in [4.69, 9.17) is 21.7 Å². The third-order valence-corrected chi connectivity index (χ3v) is 6.79. The van der Waals surface area contributed by atoms with Gasteiger partial charge in [0.2, 0.25) is 0 Å². The Hall–Kier alpha value is -3.09. The lowest BCUT2D eigenvalue weighted by atomic mass is 10.1. The summed E-state index contributed by atoms with van der Waals surface area (Å²) in [5.74, 6) is 1.25. The van der Waals surface area contributed by atoms with Crippen molar-refractivity contribution in [2.45, 2.75) is 33.9 Å². The van der Waals surface area contributed by atoms with Crippen LogP contribution >= 0.6 is 24.0 Å². The van der Waals surface area contributed by atoms with Crippen LogP contribution < -0.4 is 9.47 Å². The summed E-state index contributed by atoms with van der Waals surface area (Å²) in [6.07, 6.45) is 1.86. The lowest BCUT2D eigenvalue weighted by molar-refractivity contribution is -0.122. The Balaban J connectivity index is 1.49. The van der Waals surface area contributed by atoms with Gasteiger partial charge in [0.25, 0.3) is 5.91 Å². The molecule has 3 aromatic rings. The Bertz CT molecular complexity index is 1220. The van der Waals surface area contributed by atoms with E-state index in [0.717, 1.165) is 16.7 Å². The Labute approximate surface area is 210 Å². The smallest absolute Gasteiger partial charge is 0.266 e. The Kier molecular flexibility index (Phi) is 7.70. The Morgan fingerprint density at radius 1 is 0.882 bits per heavy atom. The van der Waals surface area contributed by atoms with Gasteiger partial charge >= 0.3 is 0 Å². The van der Waals surface area contributed by atoms with E-state index in [1.807, 2.05) is 62.4 Å². The van der Waals surface area contributed by atoms with Crippen molar-refractivity contribution >= 4 is 40.3 Å². The van der Waals surface area contributed by atoms with Gasteiger partial charge in [0.15, 0.2) is 11.5 Å². The predicted octanol–water partition coefficient (Wildman–Crippen LogP) is 6.68. The van der Waals surface area contributed by atoms with Crippen LogP contribution in [0.1, 0.15) is 34.7 Å². The molecule has 1 aliphatic heterocycles. The zero-order valence-electron chi connectivity index (χ0n) is 19.5. The second-order valence-electron chi connectivity index (χ2n) is 8.17. The lowest BCUT2D eigenvalue weighted by Gasteiger charge is -2.14. The lowest BCUT2D eigenvalue weighted by Crippen LogP contribution is -2.27. The highest BCUT2D eigenvalue weighted by atomic mass is 32.2. The summed E-state index contributed by atoms with van der Waals surface area (Å²) in [6, 6.07) is 22.1. The number of ether oxygens (including phenoxy) is 2. The standard InChI is InChI=1S/C28H27NO3S2/c1-4-31-25-15-23(13-14-24(25)32-18-22-11-7-20(3)8-12-22)16-26-27(30)29(28(33)34-26)17-21-9-5-19(2)6-10-21/h5-16H,4,17-18H2,1-3H3/b26-16-. The minimum Gasteiger partial charge on any atom is -0.490 e. The molecule has 1 saturated heterocycles. The quantitative estimate of drug-likeness (QED) is 0.261. The zero-order chi connectivity index (χ0) is 24.1. The molecule has 1 heterocycles. The number of aryl methyl sites for hydroxylation is 2. The van der Waals surface area contributed by atoms with Crippen molar-refractivity contribution in [3.8, 4) is 11.5 Å². The second-order valence-corrected chi connectivity index (χ2v) is 9.84. The molecule has 3 aromatic carbocycles. The first-order chi connectivity index (χ1) is 16.4. The van der Waals surface area contributed by atoms with Gasteiger partial charge in [-0.25, -0.2) is 0 Å². The second kappa shape index (κ2) is 10.9. The molecule has 1 amide bonds. The SMILES string of the molecule is CCOc1cc(/C=C2\SC(=S)N(Cc3ccc(C)cc3)C2=O)ccc1OCc1ccc(C)cc1. The van der Waals surface area contributed by atoms with Crippen LogP contribution in [0, 0.1) is 13.8 Å². The molecule has 0 spiro atoms. The fraction of sp³-hybridized carbons (Fsp3) is 0.214. The molecule has 0 aliphatic carbocycles. The molecule has 0 saturated carbocycles. The number of carbonyl (C=O) groups is 1. The molecule has 4 rings (SSSR count). The highest BCUT2D eigenvalue weighted by Gasteiger charge is 2.32. The molecule has 6 heteroatoms. The Morgan fingerprint density at radius 3 is 2.18 bits per heavy atom. The summed E-state index contributed by atoms with van der Waals surface area (Å²) in [4.78, 5) is 15.3. The van der Waals surface area contributed by atoms with Gasteiger partial charge in [0, 0.05) is 0 Å². The molecule has 4 nitrogen and oxygen atoms in total. The van der Waals surface area contributed by atoms with Gasteiger partial charge in [0.1, 0.15) is 10.9 Å². The van der Waals surface area contributed by atoms with E-state index in [0.29, 0.717) is 40.5 Å². The van der Waals surface area contributed by atoms with Crippen LogP contribution in [-0.2, 0) is 17.9 Å². The van der Waals surface area contributed by atoms with E-state index < -0.39 is 0 Å². The van der Waals surface area contributed by atoms with Crippen LogP contribution in [0.3, 0.4) is 0 Å². The van der Waals surface area contributed by atoms with Gasteiger partial charge in [-0.2, -0.15) is 0 Å². The van der Waals surface area contributed by atoms with Gasteiger partial charge in [-0.3, -0.25) is 9.69 Å². The Morgan fingerprint density at radius 2 is 1.53 bits per heavy atom. The van der Waals surface area contributed by atoms with E-state index in [2.05, 4.69) is 31.2 Å². The summed E-state index contributed by atoms with van der Waals surface area (Å²) in [5, 5.41) is 0. The minimum atomic E-state index is -0.0757. The largest absolute Gasteiger partial charge is 0.490 e. The molecule has 0 N–H and O–H groups in total. The van der Waals surface area contributed by atoms with Crippen molar-refractivity contribution < 1.29 is 14.3 Å². The van der Waals surface area contributed by atoms with Crippen LogP contribution in [0.25, 0.3) is 6.08 Å². The first-order valence-electron chi connectivity index (χ1n) is 11.2. The third kappa shape index (κ3) is 5.88. The average Bonchev–Trinajstić information content (AvgIpc) is 3.08. The molecule has 0 aromatic heterocycles. The summed E-state index contributed by atoms with van der Waals surface area (Å²) in [7, 11) is 0. The number of thiocarbonyl (C=S) groups is 1. The van der Waals surface area contributed by atoms with Crippen molar-refractivity contribution in [2.24, 2.45) is 0 Å². The molecule has 174 valence electrons. The summed E-state index contributed by atoms with van der Waals surface area (Å²) < 4.78 is 12.4. The number of thioether (sulfide) groups is 1. The van der Waals surface area contributed by atoms with Crippen molar-refractivity contribution in [3.05, 3.63) is 99.5 Å². The number of nitrogens with zero attached hydrogens (tertiary/aromatic N) is 1. The average molecular weight is 490 g/mol. The maximum Gasteiger partial charge on any atom is 0.266 e. The van der Waals surface area contributed by atoms with E-state index in [1.165, 1.54) is 22.9 Å². The van der Waals surface area contributed by atoms with Crippen LogP contribution in [0.5, 0.6) is 11.5 Å². The molecular weight excluding hydrogens is 462 g/mol. The fourth-order valence-corrected chi connectivity index (χ4v) is 4.77. The van der Waals surface area contributed by atoms with Crippen LogP contribution in [0.4, 0.5) is 0 Å². The van der Waals surface area contributed by atoms with Crippen molar-refractivity contribution in [3.63, 3.8) is 0 Å². The van der Waals surface area contributed by atoms with Gasteiger partial charge in [-0.05, 0) is 55.7 Å². The summed E-state index contributed by atoms with van der Waals surface area (Å²) >= 11 is 6.82. The maximum atomic E-state index is 13.0. The summed E-state index contributed by atoms with van der Waals surface area (Å²) in [5.41, 5.74) is 5.41. The van der Waals surface area contributed by atoms with Gasteiger partial charge in [0.05, 0.1) is 18.1 Å². The van der Waals surface area contributed by atoms with Crippen LogP contribution in [0.2, 0.25) is 0 Å². The number of amides is 1. The highest BCUT2D eigenvalue weighted by Crippen LogP contribution is 2.36. The molecular formula is C28H27NO3S2. The first-order valence-corrected chi connectivity index (χ1v) is 12.4. The van der Waals surface area contributed by atoms with Gasteiger partial charge in [-0.15, -0.1) is 0 Å². The van der Waals surface area contributed by atoms with Crippen LogP contribution in [-0.4, -0.2) is 21.7 Å². The van der Waals surface area contributed by atoms with E-state index in [-0.39, 0.29) is 5.91 Å². The topological polar surface area (TPSA) is 38.8 Å². The monoisotopic (exact) mass is 489 g/mol. The first kappa shape index (κ1) is 24.0. The molecule has 1 aliphatic rings. The van der Waals surface area contributed by atoms with Crippen molar-refractivity contribution in [1.29, 1.82) is 0 Å². The zero-order valence-corrected chi connectivity index (χ0v) is 21.2. The molecule has 34 heavy (non-hydrogen) atoms. The number of hydrogen-bond donors (Lipinski definition) is 0.